The van der Waals surface area contributed by atoms with E-state index in [2.05, 4.69) is 5.32 Å². The lowest BCUT2D eigenvalue weighted by atomic mass is 10.1. The van der Waals surface area contributed by atoms with Gasteiger partial charge >= 0.3 is 0 Å². The minimum atomic E-state index is -0.353. The number of rotatable bonds is 2. The second kappa shape index (κ2) is 3.59. The maximum absolute atomic E-state index is 5.66. The van der Waals surface area contributed by atoms with Crippen LogP contribution in [-0.4, -0.2) is 20.3 Å². The van der Waals surface area contributed by atoms with Gasteiger partial charge in [-0.2, -0.15) is 0 Å². The average molecular weight is 193 g/mol. The lowest BCUT2D eigenvalue weighted by Gasteiger charge is -2.24. The first-order valence-corrected chi connectivity index (χ1v) is 4.78. The van der Waals surface area contributed by atoms with Crippen molar-refractivity contribution in [3.8, 4) is 5.75 Å². The lowest BCUT2D eigenvalue weighted by Crippen LogP contribution is -2.34. The van der Waals surface area contributed by atoms with Crippen molar-refractivity contribution in [2.45, 2.75) is 12.6 Å². The fourth-order valence-corrected chi connectivity index (χ4v) is 1.70. The van der Waals surface area contributed by atoms with Gasteiger partial charge in [-0.3, -0.25) is 5.32 Å². The van der Waals surface area contributed by atoms with E-state index in [0.717, 1.165) is 24.5 Å². The molecule has 0 bridgehead atoms. The van der Waals surface area contributed by atoms with Gasteiger partial charge in [-0.25, -0.2) is 0 Å². The van der Waals surface area contributed by atoms with E-state index in [1.807, 2.05) is 31.2 Å². The first kappa shape index (κ1) is 9.49. The van der Waals surface area contributed by atoms with Crippen LogP contribution in [0.5, 0.6) is 5.75 Å². The number of methoxy groups -OCH3 is 1. The molecule has 0 spiro atoms. The smallest absolute Gasteiger partial charge is 0.142 e. The van der Waals surface area contributed by atoms with Gasteiger partial charge < -0.3 is 9.47 Å². The number of hydrogen-bond donors (Lipinski definition) is 1. The predicted octanol–water partition coefficient (Wildman–Crippen LogP) is 1.49. The Kier molecular flexibility index (Phi) is 2.44. The van der Waals surface area contributed by atoms with E-state index in [4.69, 9.17) is 9.47 Å². The van der Waals surface area contributed by atoms with E-state index >= 15 is 0 Å². The van der Waals surface area contributed by atoms with Crippen LogP contribution in [-0.2, 0) is 10.5 Å². The lowest BCUT2D eigenvalue weighted by molar-refractivity contribution is 0.00232. The van der Waals surface area contributed by atoms with Crippen molar-refractivity contribution in [2.75, 3.05) is 20.3 Å². The molecule has 14 heavy (non-hydrogen) atoms. The molecule has 0 radical (unpaired) electrons. The highest BCUT2D eigenvalue weighted by atomic mass is 16.5. The molecule has 2 rings (SSSR count). The highest BCUT2D eigenvalue weighted by Gasteiger charge is 2.31. The minimum absolute atomic E-state index is 0.353. The quantitative estimate of drug-likeness (QED) is 0.772. The molecule has 1 heterocycles. The molecular formula is C11H15NO2. The van der Waals surface area contributed by atoms with Gasteiger partial charge in [-0.1, -0.05) is 12.1 Å². The van der Waals surface area contributed by atoms with Crippen molar-refractivity contribution in [3.05, 3.63) is 29.8 Å². The second-order valence-electron chi connectivity index (χ2n) is 3.54. The van der Waals surface area contributed by atoms with E-state index in [-0.39, 0.29) is 5.72 Å². The summed E-state index contributed by atoms with van der Waals surface area (Å²) in [5.74, 6) is 0.862. The zero-order valence-corrected chi connectivity index (χ0v) is 8.54. The molecule has 1 aliphatic rings. The number of benzene rings is 1. The van der Waals surface area contributed by atoms with Crippen LogP contribution in [0.4, 0.5) is 0 Å². The van der Waals surface area contributed by atoms with Crippen molar-refractivity contribution < 1.29 is 9.47 Å². The van der Waals surface area contributed by atoms with Crippen LogP contribution in [0.25, 0.3) is 0 Å². The fourth-order valence-electron chi connectivity index (χ4n) is 1.70. The maximum Gasteiger partial charge on any atom is 0.142 e. The normalized spacial score (nSPS) is 26.4. The highest BCUT2D eigenvalue weighted by Crippen LogP contribution is 2.27. The van der Waals surface area contributed by atoms with Crippen molar-refractivity contribution >= 4 is 0 Å². The molecule has 76 valence electrons. The highest BCUT2D eigenvalue weighted by molar-refractivity contribution is 5.32. The van der Waals surface area contributed by atoms with Crippen LogP contribution >= 0.6 is 0 Å². The zero-order valence-electron chi connectivity index (χ0n) is 8.54. The van der Waals surface area contributed by atoms with Crippen LogP contribution in [0.2, 0.25) is 0 Å². The standard InChI is InChI=1S/C11H15NO2/c1-11(12-6-7-14-11)9-4-3-5-10(8-9)13-2/h3-5,8,12H,6-7H2,1-2H3. The summed E-state index contributed by atoms with van der Waals surface area (Å²) in [7, 11) is 1.67. The Morgan fingerprint density at radius 3 is 3.00 bits per heavy atom. The van der Waals surface area contributed by atoms with Crippen molar-refractivity contribution in [3.63, 3.8) is 0 Å². The van der Waals surface area contributed by atoms with E-state index < -0.39 is 0 Å². The van der Waals surface area contributed by atoms with Crippen LogP contribution < -0.4 is 10.1 Å². The summed E-state index contributed by atoms with van der Waals surface area (Å²) >= 11 is 0. The van der Waals surface area contributed by atoms with Crippen LogP contribution in [0.3, 0.4) is 0 Å². The molecule has 1 fully saturated rings. The molecule has 0 saturated carbocycles. The summed E-state index contributed by atoms with van der Waals surface area (Å²) in [6.07, 6.45) is 0. The van der Waals surface area contributed by atoms with E-state index in [9.17, 15) is 0 Å². The Hall–Kier alpha value is -1.06. The topological polar surface area (TPSA) is 30.5 Å². The summed E-state index contributed by atoms with van der Waals surface area (Å²) < 4.78 is 10.8. The third-order valence-corrected chi connectivity index (χ3v) is 2.58. The van der Waals surface area contributed by atoms with Crippen LogP contribution in [0.1, 0.15) is 12.5 Å². The van der Waals surface area contributed by atoms with Gasteiger partial charge in [-0.15, -0.1) is 0 Å². The molecule has 1 atom stereocenters. The Labute approximate surface area is 84.0 Å². The summed E-state index contributed by atoms with van der Waals surface area (Å²) in [5, 5.41) is 3.32. The molecule has 0 amide bonds. The monoisotopic (exact) mass is 193 g/mol. The van der Waals surface area contributed by atoms with Gasteiger partial charge in [0.05, 0.1) is 13.7 Å². The number of nitrogens with one attached hydrogen (secondary N) is 1. The first-order valence-electron chi connectivity index (χ1n) is 4.78. The molecule has 1 aliphatic heterocycles. The molecule has 1 unspecified atom stereocenters. The molecule has 3 heteroatoms. The first-order chi connectivity index (χ1) is 6.74. The van der Waals surface area contributed by atoms with Crippen molar-refractivity contribution in [2.24, 2.45) is 0 Å². The van der Waals surface area contributed by atoms with Gasteiger partial charge in [0.25, 0.3) is 0 Å². The van der Waals surface area contributed by atoms with Crippen LogP contribution in [0.15, 0.2) is 24.3 Å². The second-order valence-corrected chi connectivity index (χ2v) is 3.54. The van der Waals surface area contributed by atoms with Gasteiger partial charge in [0, 0.05) is 12.1 Å². The molecule has 0 aromatic heterocycles. The Morgan fingerprint density at radius 1 is 1.50 bits per heavy atom. The zero-order chi connectivity index (χ0) is 10.0. The minimum Gasteiger partial charge on any atom is -0.497 e. The molecule has 1 saturated heterocycles. The molecular weight excluding hydrogens is 178 g/mol. The van der Waals surface area contributed by atoms with Crippen molar-refractivity contribution in [1.29, 1.82) is 0 Å². The maximum atomic E-state index is 5.66. The van der Waals surface area contributed by atoms with Gasteiger partial charge in [0.2, 0.25) is 0 Å². The third-order valence-electron chi connectivity index (χ3n) is 2.58. The fraction of sp³-hybridized carbons (Fsp3) is 0.455. The molecule has 3 nitrogen and oxygen atoms in total. The molecule has 1 aromatic carbocycles. The van der Waals surface area contributed by atoms with Gasteiger partial charge in [0.15, 0.2) is 0 Å². The summed E-state index contributed by atoms with van der Waals surface area (Å²) in [4.78, 5) is 0. The van der Waals surface area contributed by atoms with Crippen molar-refractivity contribution in [1.82, 2.24) is 5.32 Å². The Morgan fingerprint density at radius 2 is 2.36 bits per heavy atom. The van der Waals surface area contributed by atoms with Gasteiger partial charge in [-0.05, 0) is 19.1 Å². The summed E-state index contributed by atoms with van der Waals surface area (Å²) in [6, 6.07) is 7.95. The van der Waals surface area contributed by atoms with E-state index in [1.54, 1.807) is 7.11 Å². The Bertz CT molecular complexity index is 319. The van der Waals surface area contributed by atoms with E-state index in [1.165, 1.54) is 0 Å². The molecule has 0 aliphatic carbocycles. The summed E-state index contributed by atoms with van der Waals surface area (Å²) in [5.41, 5.74) is 0.753. The largest absolute Gasteiger partial charge is 0.497 e. The number of ether oxygens (including phenoxy) is 2. The summed E-state index contributed by atoms with van der Waals surface area (Å²) in [6.45, 7) is 3.69. The number of hydrogen-bond acceptors (Lipinski definition) is 3. The third kappa shape index (κ3) is 1.61. The predicted molar refractivity (Wildman–Crippen MR) is 54.3 cm³/mol. The Balaban J connectivity index is 2.30. The molecule has 1 N–H and O–H groups in total. The SMILES string of the molecule is COc1cccc(C2(C)NCCO2)c1. The van der Waals surface area contributed by atoms with Crippen LogP contribution in [0, 0.1) is 0 Å². The van der Waals surface area contributed by atoms with Gasteiger partial charge in [0.1, 0.15) is 11.5 Å². The molecule has 1 aromatic rings. The van der Waals surface area contributed by atoms with E-state index in [0.29, 0.717) is 0 Å². The average Bonchev–Trinajstić information content (AvgIpc) is 2.67.